The molecule has 0 bridgehead atoms. The Morgan fingerprint density at radius 3 is 2.44 bits per heavy atom. The SMILES string of the molecule is OC1C=CC2=C(Cc3ccccc3C2)C1O. The van der Waals surface area contributed by atoms with Crippen LogP contribution in [-0.4, -0.2) is 22.4 Å². The van der Waals surface area contributed by atoms with E-state index in [1.54, 1.807) is 6.08 Å². The lowest BCUT2D eigenvalue weighted by atomic mass is 9.80. The minimum absolute atomic E-state index is 0.728. The molecule has 0 spiro atoms. The Bertz CT molecular complexity index is 485. The van der Waals surface area contributed by atoms with E-state index in [9.17, 15) is 10.2 Å². The molecule has 3 rings (SSSR count). The standard InChI is InChI=1S/C14H14O2/c15-13-6-5-11-7-9-3-1-2-4-10(9)8-12(11)14(13)16/h1-6,13-16H,7-8H2. The first-order valence-electron chi connectivity index (χ1n) is 5.59. The van der Waals surface area contributed by atoms with Crippen molar-refractivity contribution >= 4 is 0 Å². The van der Waals surface area contributed by atoms with E-state index < -0.39 is 12.2 Å². The van der Waals surface area contributed by atoms with E-state index in [0.29, 0.717) is 0 Å². The van der Waals surface area contributed by atoms with Crippen molar-refractivity contribution in [2.45, 2.75) is 25.0 Å². The van der Waals surface area contributed by atoms with Crippen LogP contribution in [0.5, 0.6) is 0 Å². The molecule has 1 aromatic carbocycles. The van der Waals surface area contributed by atoms with Crippen molar-refractivity contribution in [2.75, 3.05) is 0 Å². The van der Waals surface area contributed by atoms with E-state index in [1.807, 2.05) is 18.2 Å². The van der Waals surface area contributed by atoms with Gasteiger partial charge in [-0.05, 0) is 35.1 Å². The van der Waals surface area contributed by atoms with Crippen molar-refractivity contribution in [2.24, 2.45) is 0 Å². The molecule has 0 heterocycles. The summed E-state index contributed by atoms with van der Waals surface area (Å²) < 4.78 is 0. The van der Waals surface area contributed by atoms with Gasteiger partial charge in [0.2, 0.25) is 0 Å². The van der Waals surface area contributed by atoms with Gasteiger partial charge >= 0.3 is 0 Å². The van der Waals surface area contributed by atoms with Gasteiger partial charge in [0, 0.05) is 0 Å². The van der Waals surface area contributed by atoms with E-state index in [2.05, 4.69) is 12.1 Å². The fourth-order valence-corrected chi connectivity index (χ4v) is 2.53. The summed E-state index contributed by atoms with van der Waals surface area (Å²) in [7, 11) is 0. The molecule has 0 fully saturated rings. The fourth-order valence-electron chi connectivity index (χ4n) is 2.53. The van der Waals surface area contributed by atoms with Gasteiger partial charge in [-0.1, -0.05) is 36.4 Å². The minimum Gasteiger partial charge on any atom is -0.386 e. The quantitative estimate of drug-likeness (QED) is 0.685. The van der Waals surface area contributed by atoms with Crippen molar-refractivity contribution in [3.05, 3.63) is 58.7 Å². The summed E-state index contributed by atoms with van der Waals surface area (Å²) in [5, 5.41) is 19.5. The van der Waals surface area contributed by atoms with Crippen LogP contribution in [0.3, 0.4) is 0 Å². The third-order valence-corrected chi connectivity index (χ3v) is 3.47. The van der Waals surface area contributed by atoms with Gasteiger partial charge in [0.15, 0.2) is 0 Å². The van der Waals surface area contributed by atoms with Gasteiger partial charge in [-0.25, -0.2) is 0 Å². The predicted octanol–water partition coefficient (Wildman–Crippen LogP) is 1.37. The van der Waals surface area contributed by atoms with E-state index in [-0.39, 0.29) is 0 Å². The van der Waals surface area contributed by atoms with Crippen molar-refractivity contribution in [3.63, 3.8) is 0 Å². The molecular weight excluding hydrogens is 200 g/mol. The first-order chi connectivity index (χ1) is 7.75. The topological polar surface area (TPSA) is 40.5 Å². The van der Waals surface area contributed by atoms with Crippen LogP contribution in [0, 0.1) is 0 Å². The molecule has 0 radical (unpaired) electrons. The molecule has 0 aliphatic heterocycles. The van der Waals surface area contributed by atoms with Crippen LogP contribution < -0.4 is 0 Å². The van der Waals surface area contributed by atoms with Gasteiger partial charge in [0.05, 0.1) is 0 Å². The maximum absolute atomic E-state index is 9.94. The summed E-state index contributed by atoms with van der Waals surface area (Å²) in [6.07, 6.45) is 3.78. The lowest BCUT2D eigenvalue weighted by Gasteiger charge is -2.29. The van der Waals surface area contributed by atoms with Crippen LogP contribution in [0.1, 0.15) is 11.1 Å². The second kappa shape index (κ2) is 3.58. The first kappa shape index (κ1) is 9.82. The largest absolute Gasteiger partial charge is 0.386 e. The van der Waals surface area contributed by atoms with Crippen LogP contribution in [0.25, 0.3) is 0 Å². The summed E-state index contributed by atoms with van der Waals surface area (Å²) in [6, 6.07) is 8.29. The number of aliphatic hydroxyl groups is 2. The van der Waals surface area contributed by atoms with Crippen molar-refractivity contribution < 1.29 is 10.2 Å². The van der Waals surface area contributed by atoms with E-state index in [0.717, 1.165) is 24.0 Å². The van der Waals surface area contributed by atoms with Crippen molar-refractivity contribution in [1.29, 1.82) is 0 Å². The molecule has 2 heteroatoms. The van der Waals surface area contributed by atoms with E-state index >= 15 is 0 Å². The number of aliphatic hydroxyl groups excluding tert-OH is 2. The second-order valence-electron chi connectivity index (χ2n) is 4.47. The van der Waals surface area contributed by atoms with Gasteiger partial charge in [0.1, 0.15) is 12.2 Å². The first-order valence-corrected chi connectivity index (χ1v) is 5.59. The molecule has 2 nitrogen and oxygen atoms in total. The molecule has 16 heavy (non-hydrogen) atoms. The van der Waals surface area contributed by atoms with Crippen LogP contribution >= 0.6 is 0 Å². The smallest absolute Gasteiger partial charge is 0.105 e. The minimum atomic E-state index is -0.746. The third kappa shape index (κ3) is 1.42. The highest BCUT2D eigenvalue weighted by molar-refractivity contribution is 5.47. The third-order valence-electron chi connectivity index (χ3n) is 3.47. The molecule has 0 aromatic heterocycles. The number of hydrogen-bond acceptors (Lipinski definition) is 2. The van der Waals surface area contributed by atoms with E-state index in [1.165, 1.54) is 11.1 Å². The Morgan fingerprint density at radius 2 is 1.69 bits per heavy atom. The summed E-state index contributed by atoms with van der Waals surface area (Å²) in [5.41, 5.74) is 4.74. The Morgan fingerprint density at radius 1 is 1.00 bits per heavy atom. The Balaban J connectivity index is 2.02. The van der Waals surface area contributed by atoms with Crippen LogP contribution in [0.4, 0.5) is 0 Å². The maximum Gasteiger partial charge on any atom is 0.105 e. The number of fused-ring (bicyclic) bond motifs is 1. The molecule has 2 atom stereocenters. The zero-order valence-electron chi connectivity index (χ0n) is 8.93. The molecule has 0 saturated carbocycles. The summed E-state index contributed by atoms with van der Waals surface area (Å²) >= 11 is 0. The Kier molecular flexibility index (Phi) is 2.20. The van der Waals surface area contributed by atoms with Crippen LogP contribution in [-0.2, 0) is 12.8 Å². The van der Waals surface area contributed by atoms with Crippen molar-refractivity contribution in [1.82, 2.24) is 0 Å². The molecule has 2 aliphatic carbocycles. The molecule has 2 N–H and O–H groups in total. The lowest BCUT2D eigenvalue weighted by molar-refractivity contribution is 0.0687. The summed E-state index contributed by atoms with van der Waals surface area (Å²) in [5.74, 6) is 0. The average molecular weight is 214 g/mol. The normalized spacial score (nSPS) is 27.6. The zero-order valence-corrected chi connectivity index (χ0v) is 8.93. The maximum atomic E-state index is 9.94. The van der Waals surface area contributed by atoms with Gasteiger partial charge in [0.25, 0.3) is 0 Å². The van der Waals surface area contributed by atoms with Gasteiger partial charge in [-0.3, -0.25) is 0 Å². The lowest BCUT2D eigenvalue weighted by Crippen LogP contribution is -2.32. The highest BCUT2D eigenvalue weighted by Crippen LogP contribution is 2.32. The predicted molar refractivity (Wildman–Crippen MR) is 62.0 cm³/mol. The molecule has 2 aliphatic rings. The Hall–Kier alpha value is -1.38. The number of rotatable bonds is 0. The van der Waals surface area contributed by atoms with Gasteiger partial charge < -0.3 is 10.2 Å². The molecule has 0 amide bonds. The van der Waals surface area contributed by atoms with Crippen molar-refractivity contribution in [3.8, 4) is 0 Å². The van der Waals surface area contributed by atoms with Crippen LogP contribution in [0.15, 0.2) is 47.6 Å². The number of benzene rings is 1. The fraction of sp³-hybridized carbons (Fsp3) is 0.286. The molecule has 82 valence electrons. The molecule has 1 aromatic rings. The van der Waals surface area contributed by atoms with Gasteiger partial charge in [-0.2, -0.15) is 0 Å². The summed E-state index contributed by atoms with van der Waals surface area (Å²) in [4.78, 5) is 0. The average Bonchev–Trinajstić information content (AvgIpc) is 2.32. The number of allylic oxidation sites excluding steroid dienone is 2. The monoisotopic (exact) mass is 214 g/mol. The molecule has 0 saturated heterocycles. The molecular formula is C14H14O2. The van der Waals surface area contributed by atoms with Gasteiger partial charge in [-0.15, -0.1) is 0 Å². The zero-order chi connectivity index (χ0) is 11.1. The number of hydrogen-bond donors (Lipinski definition) is 2. The summed E-state index contributed by atoms with van der Waals surface area (Å²) in [6.45, 7) is 0. The second-order valence-corrected chi connectivity index (χ2v) is 4.47. The molecule has 2 unspecified atom stereocenters. The Labute approximate surface area is 94.5 Å². The highest BCUT2D eigenvalue weighted by Gasteiger charge is 2.28. The highest BCUT2D eigenvalue weighted by atomic mass is 16.3. The van der Waals surface area contributed by atoms with E-state index in [4.69, 9.17) is 0 Å². The van der Waals surface area contributed by atoms with Crippen LogP contribution in [0.2, 0.25) is 0 Å².